The van der Waals surface area contributed by atoms with Crippen LogP contribution in [0.1, 0.15) is 32.1 Å². The first-order valence-corrected chi connectivity index (χ1v) is 6.41. The molecular weight excluding hydrogens is 172 g/mol. The van der Waals surface area contributed by atoms with Gasteiger partial charge in [0, 0.05) is 22.8 Å². The largest absolute Gasteiger partial charge is 0.392 e. The number of hydrogen-bond acceptors (Lipinski definition) is 2. The quantitative estimate of drug-likeness (QED) is 0.728. The standard InChI is InChI=1S/C9H18O2S/c1-12(11)7-9(10)8-5-3-2-4-6-8/h8-10H,2-7H2,1H3/t9-,12?/m1/s1. The van der Waals surface area contributed by atoms with Crippen molar-refractivity contribution in [2.75, 3.05) is 12.0 Å². The van der Waals surface area contributed by atoms with E-state index in [0.717, 1.165) is 12.8 Å². The van der Waals surface area contributed by atoms with Gasteiger partial charge in [-0.05, 0) is 18.8 Å². The van der Waals surface area contributed by atoms with E-state index in [1.165, 1.54) is 19.3 Å². The summed E-state index contributed by atoms with van der Waals surface area (Å²) < 4.78 is 10.8. The Morgan fingerprint density at radius 2 is 2.00 bits per heavy atom. The topological polar surface area (TPSA) is 37.3 Å². The van der Waals surface area contributed by atoms with Crippen molar-refractivity contribution in [2.45, 2.75) is 38.2 Å². The predicted octanol–water partition coefficient (Wildman–Crippen LogP) is 1.31. The highest BCUT2D eigenvalue weighted by Gasteiger charge is 2.22. The van der Waals surface area contributed by atoms with Crippen molar-refractivity contribution in [1.82, 2.24) is 0 Å². The van der Waals surface area contributed by atoms with E-state index < -0.39 is 10.8 Å². The van der Waals surface area contributed by atoms with E-state index in [1.807, 2.05) is 0 Å². The molecule has 3 heteroatoms. The molecule has 1 rings (SSSR count). The van der Waals surface area contributed by atoms with Crippen molar-refractivity contribution in [1.29, 1.82) is 0 Å². The van der Waals surface area contributed by atoms with Crippen molar-refractivity contribution in [3.05, 3.63) is 0 Å². The predicted molar refractivity (Wildman–Crippen MR) is 51.5 cm³/mol. The average molecular weight is 190 g/mol. The molecule has 0 aliphatic heterocycles. The molecule has 12 heavy (non-hydrogen) atoms. The molecule has 0 radical (unpaired) electrons. The zero-order chi connectivity index (χ0) is 8.97. The lowest BCUT2D eigenvalue weighted by Crippen LogP contribution is -2.27. The van der Waals surface area contributed by atoms with Crippen molar-refractivity contribution < 1.29 is 9.32 Å². The lowest BCUT2D eigenvalue weighted by atomic mass is 9.86. The van der Waals surface area contributed by atoms with Crippen LogP contribution in [0.5, 0.6) is 0 Å². The number of hydrogen-bond donors (Lipinski definition) is 1. The minimum Gasteiger partial charge on any atom is -0.392 e. The van der Waals surface area contributed by atoms with E-state index in [1.54, 1.807) is 6.26 Å². The van der Waals surface area contributed by atoms with Crippen LogP contribution in [0, 0.1) is 5.92 Å². The molecule has 0 spiro atoms. The molecule has 1 aliphatic rings. The van der Waals surface area contributed by atoms with Crippen LogP contribution in [0.3, 0.4) is 0 Å². The van der Waals surface area contributed by atoms with E-state index in [0.29, 0.717) is 11.7 Å². The molecule has 72 valence electrons. The van der Waals surface area contributed by atoms with Gasteiger partial charge in [0.1, 0.15) is 0 Å². The van der Waals surface area contributed by atoms with E-state index in [-0.39, 0.29) is 6.10 Å². The van der Waals surface area contributed by atoms with E-state index in [2.05, 4.69) is 0 Å². The normalized spacial score (nSPS) is 25.2. The molecule has 0 amide bonds. The second-order valence-corrected chi connectivity index (χ2v) is 5.19. The summed E-state index contributed by atoms with van der Waals surface area (Å²) in [6.45, 7) is 0. The average Bonchev–Trinajstić information content (AvgIpc) is 2.05. The molecule has 1 saturated carbocycles. The summed E-state index contributed by atoms with van der Waals surface area (Å²) in [5.74, 6) is 0.882. The fraction of sp³-hybridized carbons (Fsp3) is 1.00. The molecule has 0 saturated heterocycles. The highest BCUT2D eigenvalue weighted by molar-refractivity contribution is 7.84. The molecule has 0 bridgehead atoms. The molecule has 1 N–H and O–H groups in total. The molecule has 0 heterocycles. The molecule has 1 fully saturated rings. The number of aliphatic hydroxyl groups excluding tert-OH is 1. The van der Waals surface area contributed by atoms with Crippen LogP contribution in [-0.2, 0) is 10.8 Å². The van der Waals surface area contributed by atoms with Gasteiger partial charge in [-0.25, -0.2) is 0 Å². The number of aliphatic hydroxyl groups is 1. The third kappa shape index (κ3) is 3.23. The first-order valence-electron chi connectivity index (χ1n) is 4.68. The lowest BCUT2D eigenvalue weighted by Gasteiger charge is -2.25. The van der Waals surface area contributed by atoms with Crippen LogP contribution < -0.4 is 0 Å². The number of rotatable bonds is 3. The van der Waals surface area contributed by atoms with Crippen LogP contribution in [0.2, 0.25) is 0 Å². The van der Waals surface area contributed by atoms with Gasteiger partial charge < -0.3 is 5.11 Å². The minimum absolute atomic E-state index is 0.323. The van der Waals surface area contributed by atoms with Gasteiger partial charge >= 0.3 is 0 Å². The zero-order valence-corrected chi connectivity index (χ0v) is 8.48. The Kier molecular flexibility index (Phi) is 4.22. The zero-order valence-electron chi connectivity index (χ0n) is 7.66. The van der Waals surface area contributed by atoms with Crippen molar-refractivity contribution >= 4 is 10.8 Å². The molecule has 1 unspecified atom stereocenters. The molecular formula is C9H18O2S. The third-order valence-electron chi connectivity index (χ3n) is 2.60. The highest BCUT2D eigenvalue weighted by atomic mass is 32.2. The Morgan fingerprint density at radius 1 is 1.42 bits per heavy atom. The lowest BCUT2D eigenvalue weighted by molar-refractivity contribution is 0.104. The summed E-state index contributed by atoms with van der Waals surface area (Å²) in [7, 11) is -0.847. The Hall–Kier alpha value is 0.110. The van der Waals surface area contributed by atoms with Crippen LogP contribution in [0.4, 0.5) is 0 Å². The maximum Gasteiger partial charge on any atom is 0.0683 e. The second-order valence-electron chi connectivity index (χ2n) is 3.71. The first kappa shape index (κ1) is 10.2. The highest BCUT2D eigenvalue weighted by Crippen LogP contribution is 2.26. The summed E-state index contributed by atoms with van der Waals surface area (Å²) >= 11 is 0. The smallest absolute Gasteiger partial charge is 0.0683 e. The van der Waals surface area contributed by atoms with Gasteiger partial charge in [-0.3, -0.25) is 4.21 Å². The van der Waals surface area contributed by atoms with Crippen molar-refractivity contribution in [2.24, 2.45) is 5.92 Å². The Morgan fingerprint density at radius 3 is 2.50 bits per heavy atom. The maximum absolute atomic E-state index is 10.8. The first-order chi connectivity index (χ1) is 5.70. The van der Waals surface area contributed by atoms with E-state index >= 15 is 0 Å². The van der Waals surface area contributed by atoms with E-state index in [9.17, 15) is 9.32 Å². The summed E-state index contributed by atoms with van der Waals surface area (Å²) in [5.41, 5.74) is 0. The SMILES string of the molecule is CS(=O)C[C@@H](O)C1CCCCC1. The molecule has 1 aliphatic carbocycles. The summed E-state index contributed by atoms with van der Waals surface area (Å²) in [4.78, 5) is 0. The molecule has 0 aromatic heterocycles. The summed E-state index contributed by atoms with van der Waals surface area (Å²) in [6.07, 6.45) is 7.35. The van der Waals surface area contributed by atoms with Crippen LogP contribution >= 0.6 is 0 Å². The Bertz CT molecular complexity index is 153. The molecule has 0 aromatic carbocycles. The minimum atomic E-state index is -0.847. The van der Waals surface area contributed by atoms with Gasteiger partial charge in [0.05, 0.1) is 6.10 Å². The third-order valence-corrected chi connectivity index (χ3v) is 3.41. The Balaban J connectivity index is 2.29. The fourth-order valence-corrected chi connectivity index (χ4v) is 2.65. The monoisotopic (exact) mass is 190 g/mol. The van der Waals surface area contributed by atoms with Gasteiger partial charge in [-0.2, -0.15) is 0 Å². The van der Waals surface area contributed by atoms with Gasteiger partial charge in [0.25, 0.3) is 0 Å². The molecule has 2 nitrogen and oxygen atoms in total. The summed E-state index contributed by atoms with van der Waals surface area (Å²) in [5, 5.41) is 9.65. The molecule has 2 atom stereocenters. The van der Waals surface area contributed by atoms with Gasteiger partial charge in [0.2, 0.25) is 0 Å². The Labute approximate surface area is 76.8 Å². The second kappa shape index (κ2) is 4.97. The van der Waals surface area contributed by atoms with Gasteiger partial charge in [0.15, 0.2) is 0 Å². The van der Waals surface area contributed by atoms with Gasteiger partial charge in [-0.1, -0.05) is 19.3 Å². The molecule has 0 aromatic rings. The van der Waals surface area contributed by atoms with Crippen LogP contribution in [0.15, 0.2) is 0 Å². The maximum atomic E-state index is 10.8. The van der Waals surface area contributed by atoms with Crippen LogP contribution in [0.25, 0.3) is 0 Å². The van der Waals surface area contributed by atoms with Crippen molar-refractivity contribution in [3.8, 4) is 0 Å². The van der Waals surface area contributed by atoms with Crippen molar-refractivity contribution in [3.63, 3.8) is 0 Å². The van der Waals surface area contributed by atoms with E-state index in [4.69, 9.17) is 0 Å². The van der Waals surface area contributed by atoms with Gasteiger partial charge in [-0.15, -0.1) is 0 Å². The fourth-order valence-electron chi connectivity index (χ4n) is 1.90. The summed E-state index contributed by atoms with van der Waals surface area (Å²) in [6, 6.07) is 0. The van der Waals surface area contributed by atoms with Crippen LogP contribution in [-0.4, -0.2) is 27.4 Å².